The van der Waals surface area contributed by atoms with Crippen LogP contribution in [0.4, 0.5) is 4.79 Å². The fourth-order valence-corrected chi connectivity index (χ4v) is 2.81. The molecular weight excluding hydrogens is 324 g/mol. The normalized spacial score (nSPS) is 17.2. The number of hydrogen-bond acceptors (Lipinski definition) is 5. The van der Waals surface area contributed by atoms with Crippen molar-refractivity contribution in [3.8, 4) is 0 Å². The molecular formula is C18H22N2O5. The summed E-state index contributed by atoms with van der Waals surface area (Å²) in [6.07, 6.45) is 0. The summed E-state index contributed by atoms with van der Waals surface area (Å²) in [6, 6.07) is 5.64. The van der Waals surface area contributed by atoms with E-state index in [4.69, 9.17) is 4.74 Å². The standard InChI is InChI=1S/C18H22N2O5/c1-5-20-11(3)14(17(22)25-6-2)15(19-18(20)23)12-7-9-13(10-8-12)16(21)24-4/h7-10,15H,5-6H2,1-4H3,(H,19,23)/t15-/m1/s1. The average molecular weight is 346 g/mol. The van der Waals surface area contributed by atoms with E-state index in [1.165, 1.54) is 12.0 Å². The fraction of sp³-hybridized carbons (Fsp3) is 0.389. The molecule has 0 unspecified atom stereocenters. The Morgan fingerprint density at radius 3 is 2.32 bits per heavy atom. The molecule has 2 amide bonds. The van der Waals surface area contributed by atoms with Gasteiger partial charge in [-0.25, -0.2) is 14.4 Å². The quantitative estimate of drug-likeness (QED) is 0.828. The third-order valence-corrected chi connectivity index (χ3v) is 4.07. The fourth-order valence-electron chi connectivity index (χ4n) is 2.81. The minimum absolute atomic E-state index is 0.240. The highest BCUT2D eigenvalue weighted by Crippen LogP contribution is 2.31. The lowest BCUT2D eigenvalue weighted by Crippen LogP contribution is -2.47. The zero-order valence-corrected chi connectivity index (χ0v) is 14.8. The van der Waals surface area contributed by atoms with Gasteiger partial charge in [-0.2, -0.15) is 0 Å². The molecule has 25 heavy (non-hydrogen) atoms. The van der Waals surface area contributed by atoms with Crippen molar-refractivity contribution in [1.82, 2.24) is 10.2 Å². The first-order valence-electron chi connectivity index (χ1n) is 8.08. The van der Waals surface area contributed by atoms with Crippen molar-refractivity contribution in [3.63, 3.8) is 0 Å². The first-order chi connectivity index (χ1) is 11.9. The Hall–Kier alpha value is -2.83. The van der Waals surface area contributed by atoms with Gasteiger partial charge < -0.3 is 14.8 Å². The number of esters is 2. The molecule has 1 aromatic rings. The summed E-state index contributed by atoms with van der Waals surface area (Å²) in [5.74, 6) is -0.922. The summed E-state index contributed by atoms with van der Waals surface area (Å²) < 4.78 is 9.84. The van der Waals surface area contributed by atoms with Crippen LogP contribution in [-0.2, 0) is 14.3 Å². The maximum absolute atomic E-state index is 12.4. The number of nitrogens with one attached hydrogen (secondary N) is 1. The van der Waals surface area contributed by atoms with Gasteiger partial charge in [0.25, 0.3) is 0 Å². The number of rotatable bonds is 5. The first kappa shape index (κ1) is 18.5. The minimum atomic E-state index is -0.638. The molecule has 0 aliphatic carbocycles. The maximum atomic E-state index is 12.4. The van der Waals surface area contributed by atoms with E-state index in [1.807, 2.05) is 6.92 Å². The zero-order chi connectivity index (χ0) is 18.6. The second-order valence-corrected chi connectivity index (χ2v) is 5.46. The van der Waals surface area contributed by atoms with Crippen LogP contribution >= 0.6 is 0 Å². The van der Waals surface area contributed by atoms with Crippen LogP contribution in [0.3, 0.4) is 0 Å². The number of methoxy groups -OCH3 is 1. The molecule has 1 aromatic carbocycles. The van der Waals surface area contributed by atoms with E-state index in [9.17, 15) is 14.4 Å². The molecule has 0 fully saturated rings. The van der Waals surface area contributed by atoms with Gasteiger partial charge in [0.2, 0.25) is 0 Å². The molecule has 0 bridgehead atoms. The Morgan fingerprint density at radius 1 is 1.16 bits per heavy atom. The zero-order valence-electron chi connectivity index (χ0n) is 14.8. The van der Waals surface area contributed by atoms with Gasteiger partial charge >= 0.3 is 18.0 Å². The smallest absolute Gasteiger partial charge is 0.338 e. The number of nitrogens with zero attached hydrogens (tertiary/aromatic N) is 1. The molecule has 7 nitrogen and oxygen atoms in total. The molecule has 7 heteroatoms. The van der Waals surface area contributed by atoms with Gasteiger partial charge in [0.05, 0.1) is 30.9 Å². The number of carbonyl (C=O) groups excluding carboxylic acids is 3. The van der Waals surface area contributed by atoms with Gasteiger partial charge in [0, 0.05) is 12.2 Å². The van der Waals surface area contributed by atoms with Gasteiger partial charge in [-0.3, -0.25) is 4.90 Å². The van der Waals surface area contributed by atoms with Crippen LogP contribution in [-0.4, -0.2) is 43.1 Å². The maximum Gasteiger partial charge on any atom is 0.338 e. The van der Waals surface area contributed by atoms with Gasteiger partial charge in [0.1, 0.15) is 0 Å². The Labute approximate surface area is 146 Å². The van der Waals surface area contributed by atoms with Crippen LogP contribution in [0.2, 0.25) is 0 Å². The van der Waals surface area contributed by atoms with Crippen molar-refractivity contribution in [2.45, 2.75) is 26.8 Å². The highest BCUT2D eigenvalue weighted by Gasteiger charge is 2.35. The predicted molar refractivity (Wildman–Crippen MR) is 90.8 cm³/mol. The van der Waals surface area contributed by atoms with Crippen molar-refractivity contribution >= 4 is 18.0 Å². The van der Waals surface area contributed by atoms with E-state index < -0.39 is 18.0 Å². The van der Waals surface area contributed by atoms with Gasteiger partial charge in [-0.1, -0.05) is 12.1 Å². The van der Waals surface area contributed by atoms with Crippen molar-refractivity contribution in [2.75, 3.05) is 20.3 Å². The van der Waals surface area contributed by atoms with Crippen molar-refractivity contribution < 1.29 is 23.9 Å². The Morgan fingerprint density at radius 2 is 1.80 bits per heavy atom. The van der Waals surface area contributed by atoms with Crippen molar-refractivity contribution in [2.24, 2.45) is 0 Å². The van der Waals surface area contributed by atoms with E-state index in [1.54, 1.807) is 38.1 Å². The lowest BCUT2D eigenvalue weighted by atomic mass is 9.94. The van der Waals surface area contributed by atoms with Crippen molar-refractivity contribution in [1.29, 1.82) is 0 Å². The topological polar surface area (TPSA) is 84.9 Å². The number of amides is 2. The molecule has 1 aliphatic rings. The SMILES string of the molecule is CCOC(=O)C1=C(C)N(CC)C(=O)N[C@@H]1c1ccc(C(=O)OC)cc1. The van der Waals surface area contributed by atoms with Crippen LogP contribution < -0.4 is 5.32 Å². The third kappa shape index (κ3) is 3.65. The second-order valence-electron chi connectivity index (χ2n) is 5.46. The van der Waals surface area contributed by atoms with Gasteiger partial charge in [0.15, 0.2) is 0 Å². The summed E-state index contributed by atoms with van der Waals surface area (Å²) in [5, 5.41) is 2.83. The molecule has 1 heterocycles. The number of ether oxygens (including phenoxy) is 2. The second kappa shape index (κ2) is 7.83. The molecule has 0 aromatic heterocycles. The van der Waals surface area contributed by atoms with Gasteiger partial charge in [-0.05, 0) is 38.5 Å². The minimum Gasteiger partial charge on any atom is -0.465 e. The van der Waals surface area contributed by atoms with Crippen molar-refractivity contribution in [3.05, 3.63) is 46.7 Å². The van der Waals surface area contributed by atoms with E-state index >= 15 is 0 Å². The molecule has 0 spiro atoms. The summed E-state index contributed by atoms with van der Waals surface area (Å²) in [4.78, 5) is 37.8. The van der Waals surface area contributed by atoms with E-state index in [0.717, 1.165) is 0 Å². The largest absolute Gasteiger partial charge is 0.465 e. The predicted octanol–water partition coefficient (Wildman–Crippen LogP) is 2.40. The van der Waals surface area contributed by atoms with E-state index in [-0.39, 0.29) is 12.6 Å². The number of hydrogen-bond donors (Lipinski definition) is 1. The molecule has 0 saturated heterocycles. The Bertz CT molecular complexity index is 709. The van der Waals surface area contributed by atoms with Crippen LogP contribution in [0.15, 0.2) is 35.5 Å². The monoisotopic (exact) mass is 346 g/mol. The summed E-state index contributed by atoms with van der Waals surface area (Å²) in [5.41, 5.74) is 2.02. The van der Waals surface area contributed by atoms with E-state index in [2.05, 4.69) is 10.1 Å². The summed E-state index contributed by atoms with van der Waals surface area (Å²) >= 11 is 0. The number of urea groups is 1. The molecule has 134 valence electrons. The van der Waals surface area contributed by atoms with Crippen LogP contribution in [0.1, 0.15) is 42.7 Å². The molecule has 1 aliphatic heterocycles. The Kier molecular flexibility index (Phi) is 5.80. The summed E-state index contributed by atoms with van der Waals surface area (Å²) in [7, 11) is 1.31. The highest BCUT2D eigenvalue weighted by atomic mass is 16.5. The molecule has 1 atom stereocenters. The van der Waals surface area contributed by atoms with Crippen LogP contribution in [0.25, 0.3) is 0 Å². The average Bonchev–Trinajstić information content (AvgIpc) is 2.61. The molecule has 2 rings (SSSR count). The molecule has 1 N–H and O–H groups in total. The van der Waals surface area contributed by atoms with Crippen LogP contribution in [0.5, 0.6) is 0 Å². The summed E-state index contributed by atoms with van der Waals surface area (Å²) in [6.45, 7) is 5.97. The van der Waals surface area contributed by atoms with E-state index in [0.29, 0.717) is 28.9 Å². The first-order valence-corrected chi connectivity index (χ1v) is 8.08. The highest BCUT2D eigenvalue weighted by molar-refractivity contribution is 5.95. The van der Waals surface area contributed by atoms with Gasteiger partial charge in [-0.15, -0.1) is 0 Å². The molecule has 0 saturated carbocycles. The lowest BCUT2D eigenvalue weighted by Gasteiger charge is -2.34. The number of allylic oxidation sites excluding steroid dienone is 1. The Balaban J connectivity index is 2.46. The number of carbonyl (C=O) groups is 3. The molecule has 0 radical (unpaired) electrons. The van der Waals surface area contributed by atoms with Crippen LogP contribution in [0, 0.1) is 0 Å². The lowest BCUT2D eigenvalue weighted by molar-refractivity contribution is -0.139. The number of benzene rings is 1. The third-order valence-electron chi connectivity index (χ3n) is 4.07.